The van der Waals surface area contributed by atoms with Gasteiger partial charge in [-0.25, -0.2) is 4.39 Å². The second-order valence-corrected chi connectivity index (χ2v) is 5.61. The lowest BCUT2D eigenvalue weighted by Crippen LogP contribution is -2.25. The monoisotopic (exact) mass is 355 g/mol. The first-order valence-corrected chi connectivity index (χ1v) is 8.08. The zero-order valence-corrected chi connectivity index (χ0v) is 14.2. The van der Waals surface area contributed by atoms with E-state index in [4.69, 9.17) is 4.74 Å². The Morgan fingerprint density at radius 3 is 2.77 bits per heavy atom. The van der Waals surface area contributed by atoms with E-state index in [1.54, 1.807) is 19.2 Å². The number of methoxy groups -OCH3 is 1. The SMILES string of the molecule is COc1ccc(CCC(=O)NCc2nnnn2-c2cccc(F)c2)cc1. The minimum Gasteiger partial charge on any atom is -0.497 e. The van der Waals surface area contributed by atoms with Crippen LogP contribution in [0.1, 0.15) is 17.8 Å². The van der Waals surface area contributed by atoms with Crippen molar-refractivity contribution in [3.05, 3.63) is 65.7 Å². The molecule has 0 aliphatic carbocycles. The molecular formula is C18H18FN5O2. The Kier molecular flexibility index (Phi) is 5.52. The highest BCUT2D eigenvalue weighted by Crippen LogP contribution is 2.13. The van der Waals surface area contributed by atoms with Crippen molar-refractivity contribution in [1.29, 1.82) is 0 Å². The zero-order chi connectivity index (χ0) is 18.4. The van der Waals surface area contributed by atoms with Crippen molar-refractivity contribution in [2.75, 3.05) is 7.11 Å². The largest absolute Gasteiger partial charge is 0.497 e. The van der Waals surface area contributed by atoms with E-state index in [0.717, 1.165) is 11.3 Å². The van der Waals surface area contributed by atoms with Gasteiger partial charge in [0.1, 0.15) is 11.6 Å². The number of ether oxygens (including phenoxy) is 1. The van der Waals surface area contributed by atoms with Crippen LogP contribution in [0, 0.1) is 5.82 Å². The minimum atomic E-state index is -0.382. The smallest absolute Gasteiger partial charge is 0.220 e. The summed E-state index contributed by atoms with van der Waals surface area (Å²) in [6.45, 7) is 0.158. The molecule has 0 saturated carbocycles. The summed E-state index contributed by atoms with van der Waals surface area (Å²) < 4.78 is 19.9. The van der Waals surface area contributed by atoms with Crippen LogP contribution in [-0.4, -0.2) is 33.2 Å². The molecule has 0 unspecified atom stereocenters. The Bertz CT molecular complexity index is 879. The van der Waals surface area contributed by atoms with Crippen LogP contribution in [-0.2, 0) is 17.8 Å². The average molecular weight is 355 g/mol. The molecule has 1 heterocycles. The normalized spacial score (nSPS) is 10.5. The van der Waals surface area contributed by atoms with Crippen LogP contribution >= 0.6 is 0 Å². The van der Waals surface area contributed by atoms with Crippen molar-refractivity contribution < 1.29 is 13.9 Å². The summed E-state index contributed by atoms with van der Waals surface area (Å²) >= 11 is 0. The van der Waals surface area contributed by atoms with Gasteiger partial charge >= 0.3 is 0 Å². The van der Waals surface area contributed by atoms with E-state index < -0.39 is 0 Å². The third kappa shape index (κ3) is 4.41. The van der Waals surface area contributed by atoms with Gasteiger partial charge in [-0.05, 0) is 52.7 Å². The fraction of sp³-hybridized carbons (Fsp3) is 0.222. The van der Waals surface area contributed by atoms with E-state index in [1.165, 1.54) is 16.8 Å². The van der Waals surface area contributed by atoms with Gasteiger partial charge in [0.25, 0.3) is 0 Å². The van der Waals surface area contributed by atoms with Gasteiger partial charge in [-0.2, -0.15) is 4.68 Å². The number of tetrazole rings is 1. The van der Waals surface area contributed by atoms with Crippen molar-refractivity contribution in [3.63, 3.8) is 0 Å². The molecule has 1 amide bonds. The van der Waals surface area contributed by atoms with Gasteiger partial charge < -0.3 is 10.1 Å². The van der Waals surface area contributed by atoms with Crippen LogP contribution in [0.3, 0.4) is 0 Å². The fourth-order valence-electron chi connectivity index (χ4n) is 2.44. The minimum absolute atomic E-state index is 0.116. The highest BCUT2D eigenvalue weighted by Gasteiger charge is 2.10. The highest BCUT2D eigenvalue weighted by atomic mass is 19.1. The number of nitrogens with one attached hydrogen (secondary N) is 1. The lowest BCUT2D eigenvalue weighted by atomic mass is 10.1. The maximum atomic E-state index is 13.4. The quantitative estimate of drug-likeness (QED) is 0.701. The Morgan fingerprint density at radius 2 is 2.04 bits per heavy atom. The molecule has 0 fully saturated rings. The second kappa shape index (κ2) is 8.19. The number of carbonyl (C=O) groups is 1. The van der Waals surface area contributed by atoms with E-state index >= 15 is 0 Å². The van der Waals surface area contributed by atoms with E-state index in [2.05, 4.69) is 20.8 Å². The van der Waals surface area contributed by atoms with Crippen LogP contribution in [0.4, 0.5) is 4.39 Å². The van der Waals surface area contributed by atoms with Crippen molar-refractivity contribution >= 4 is 5.91 Å². The third-order valence-electron chi connectivity index (χ3n) is 3.83. The predicted octanol–water partition coefficient (Wildman–Crippen LogP) is 2.06. The van der Waals surface area contributed by atoms with Crippen LogP contribution in [0.15, 0.2) is 48.5 Å². The second-order valence-electron chi connectivity index (χ2n) is 5.61. The van der Waals surface area contributed by atoms with Crippen molar-refractivity contribution in [2.45, 2.75) is 19.4 Å². The Labute approximate surface area is 149 Å². The Morgan fingerprint density at radius 1 is 1.23 bits per heavy atom. The molecule has 3 rings (SSSR count). The Balaban J connectivity index is 1.54. The van der Waals surface area contributed by atoms with Crippen molar-refractivity contribution in [3.8, 4) is 11.4 Å². The number of nitrogens with zero attached hydrogens (tertiary/aromatic N) is 4. The number of aromatic nitrogens is 4. The lowest BCUT2D eigenvalue weighted by molar-refractivity contribution is -0.121. The van der Waals surface area contributed by atoms with Gasteiger partial charge in [-0.1, -0.05) is 18.2 Å². The maximum Gasteiger partial charge on any atom is 0.220 e. The van der Waals surface area contributed by atoms with E-state index in [1.807, 2.05) is 24.3 Å². The molecule has 1 aromatic heterocycles. The van der Waals surface area contributed by atoms with Crippen molar-refractivity contribution in [1.82, 2.24) is 25.5 Å². The molecular weight excluding hydrogens is 337 g/mol. The Hall–Kier alpha value is -3.29. The summed E-state index contributed by atoms with van der Waals surface area (Å²) in [5.74, 6) is 0.706. The fourth-order valence-corrected chi connectivity index (χ4v) is 2.44. The predicted molar refractivity (Wildman–Crippen MR) is 92.3 cm³/mol. The summed E-state index contributed by atoms with van der Waals surface area (Å²) in [7, 11) is 1.61. The van der Waals surface area contributed by atoms with Crippen LogP contribution in [0.25, 0.3) is 5.69 Å². The number of hydrogen-bond acceptors (Lipinski definition) is 5. The standard InChI is InChI=1S/C18H18FN5O2/c1-26-16-8-5-13(6-9-16)7-10-18(25)20-12-17-21-22-23-24(17)15-4-2-3-14(19)11-15/h2-6,8-9,11H,7,10,12H2,1H3,(H,20,25). The molecule has 0 aliphatic heterocycles. The van der Waals surface area contributed by atoms with E-state index in [0.29, 0.717) is 24.4 Å². The molecule has 7 nitrogen and oxygen atoms in total. The topological polar surface area (TPSA) is 81.9 Å². The van der Waals surface area contributed by atoms with Gasteiger partial charge in [0.15, 0.2) is 5.82 Å². The molecule has 0 atom stereocenters. The molecule has 1 N–H and O–H groups in total. The maximum absolute atomic E-state index is 13.4. The first-order chi connectivity index (χ1) is 12.7. The average Bonchev–Trinajstić information content (AvgIpc) is 3.14. The molecule has 2 aromatic carbocycles. The summed E-state index contributed by atoms with van der Waals surface area (Å²) in [4.78, 5) is 12.1. The zero-order valence-electron chi connectivity index (χ0n) is 14.2. The van der Waals surface area contributed by atoms with Crippen LogP contribution in [0.5, 0.6) is 5.75 Å². The van der Waals surface area contributed by atoms with E-state index in [9.17, 15) is 9.18 Å². The van der Waals surface area contributed by atoms with Crippen molar-refractivity contribution in [2.24, 2.45) is 0 Å². The molecule has 8 heteroatoms. The third-order valence-corrected chi connectivity index (χ3v) is 3.83. The highest BCUT2D eigenvalue weighted by molar-refractivity contribution is 5.76. The van der Waals surface area contributed by atoms with Gasteiger partial charge in [-0.3, -0.25) is 4.79 Å². The number of aryl methyl sites for hydroxylation is 1. The van der Waals surface area contributed by atoms with Gasteiger partial charge in [0.2, 0.25) is 5.91 Å². The number of halogens is 1. The molecule has 3 aromatic rings. The number of carbonyl (C=O) groups excluding carboxylic acids is 1. The van der Waals surface area contributed by atoms with Gasteiger partial charge in [0, 0.05) is 6.42 Å². The number of benzene rings is 2. The summed E-state index contributed by atoms with van der Waals surface area (Å²) in [5.41, 5.74) is 1.54. The molecule has 0 aliphatic rings. The molecule has 26 heavy (non-hydrogen) atoms. The number of rotatable bonds is 7. The number of hydrogen-bond donors (Lipinski definition) is 1. The van der Waals surface area contributed by atoms with Crippen LogP contribution < -0.4 is 10.1 Å². The van der Waals surface area contributed by atoms with Gasteiger partial charge in [-0.15, -0.1) is 5.10 Å². The molecule has 0 bridgehead atoms. The molecule has 0 radical (unpaired) electrons. The van der Waals surface area contributed by atoms with E-state index in [-0.39, 0.29) is 18.3 Å². The summed E-state index contributed by atoms with van der Waals surface area (Å²) in [5, 5.41) is 14.1. The summed E-state index contributed by atoms with van der Waals surface area (Å²) in [6.07, 6.45) is 0.957. The number of amides is 1. The van der Waals surface area contributed by atoms with Gasteiger partial charge in [0.05, 0.1) is 19.3 Å². The lowest BCUT2D eigenvalue weighted by Gasteiger charge is -2.07. The first-order valence-electron chi connectivity index (χ1n) is 8.08. The molecule has 0 saturated heterocycles. The summed E-state index contributed by atoms with van der Waals surface area (Å²) in [6, 6.07) is 13.5. The molecule has 134 valence electrons. The molecule has 0 spiro atoms. The van der Waals surface area contributed by atoms with Crippen LogP contribution in [0.2, 0.25) is 0 Å². The first kappa shape index (κ1) is 17.5.